The SMILES string of the molecule is CCC(CC)c1ccc(C(=O)N=C(N)N)c([N+](=O)[O-])c1S(C)(=O)=O. The number of sulfone groups is 1. The van der Waals surface area contributed by atoms with Crippen molar-refractivity contribution in [3.8, 4) is 0 Å². The van der Waals surface area contributed by atoms with E-state index in [9.17, 15) is 23.3 Å². The van der Waals surface area contributed by atoms with Crippen molar-refractivity contribution in [1.82, 2.24) is 0 Å². The normalized spacial score (nSPS) is 11.3. The van der Waals surface area contributed by atoms with E-state index in [-0.39, 0.29) is 5.92 Å². The van der Waals surface area contributed by atoms with Gasteiger partial charge in [-0.2, -0.15) is 4.99 Å². The summed E-state index contributed by atoms with van der Waals surface area (Å²) in [6.07, 6.45) is 2.06. The van der Waals surface area contributed by atoms with E-state index in [0.29, 0.717) is 18.4 Å². The second kappa shape index (κ2) is 7.39. The topological polar surface area (TPSA) is 159 Å². The molecule has 0 atom stereocenters. The number of hydrogen-bond donors (Lipinski definition) is 2. The average molecular weight is 356 g/mol. The van der Waals surface area contributed by atoms with Gasteiger partial charge in [-0.25, -0.2) is 8.42 Å². The third kappa shape index (κ3) is 4.07. The number of nitro benzene ring substituents is 1. The van der Waals surface area contributed by atoms with Crippen molar-refractivity contribution in [3.63, 3.8) is 0 Å². The fraction of sp³-hybridized carbons (Fsp3) is 0.429. The van der Waals surface area contributed by atoms with Crippen LogP contribution in [0.1, 0.15) is 48.5 Å². The molecule has 0 saturated carbocycles. The fourth-order valence-corrected chi connectivity index (χ4v) is 3.76. The number of hydrogen-bond acceptors (Lipinski definition) is 5. The van der Waals surface area contributed by atoms with Gasteiger partial charge in [-0.3, -0.25) is 14.9 Å². The first-order valence-corrected chi connectivity index (χ1v) is 9.08. The summed E-state index contributed by atoms with van der Waals surface area (Å²) in [7, 11) is -3.96. The zero-order valence-corrected chi connectivity index (χ0v) is 14.5. The molecule has 0 bridgehead atoms. The van der Waals surface area contributed by atoms with Crippen molar-refractivity contribution in [1.29, 1.82) is 0 Å². The molecule has 1 aromatic rings. The Morgan fingerprint density at radius 2 is 1.83 bits per heavy atom. The zero-order chi connectivity index (χ0) is 18.7. The number of benzene rings is 1. The van der Waals surface area contributed by atoms with E-state index in [1.807, 2.05) is 13.8 Å². The summed E-state index contributed by atoms with van der Waals surface area (Å²) in [6, 6.07) is 2.60. The lowest BCUT2D eigenvalue weighted by molar-refractivity contribution is -0.388. The van der Waals surface area contributed by atoms with Gasteiger partial charge < -0.3 is 11.5 Å². The van der Waals surface area contributed by atoms with Crippen molar-refractivity contribution in [2.24, 2.45) is 16.5 Å². The second-order valence-electron chi connectivity index (χ2n) is 5.26. The van der Waals surface area contributed by atoms with Crippen LogP contribution in [0.3, 0.4) is 0 Å². The Bertz CT molecular complexity index is 794. The Kier molecular flexibility index (Phi) is 6.02. The molecule has 0 unspecified atom stereocenters. The van der Waals surface area contributed by atoms with Gasteiger partial charge in [-0.1, -0.05) is 19.9 Å². The van der Waals surface area contributed by atoms with Crippen molar-refractivity contribution in [2.45, 2.75) is 37.5 Å². The van der Waals surface area contributed by atoms with Crippen LogP contribution in [0, 0.1) is 10.1 Å². The summed E-state index contributed by atoms with van der Waals surface area (Å²) in [5.74, 6) is -1.83. The highest BCUT2D eigenvalue weighted by Crippen LogP contribution is 2.37. The van der Waals surface area contributed by atoms with Gasteiger partial charge in [0.15, 0.2) is 15.8 Å². The maximum absolute atomic E-state index is 12.2. The third-order valence-electron chi connectivity index (χ3n) is 3.60. The van der Waals surface area contributed by atoms with Crippen molar-refractivity contribution >= 4 is 27.4 Å². The molecule has 9 nitrogen and oxygen atoms in total. The third-order valence-corrected chi connectivity index (χ3v) is 4.77. The van der Waals surface area contributed by atoms with Crippen LogP contribution in [0.2, 0.25) is 0 Å². The molecular weight excluding hydrogens is 336 g/mol. The molecular formula is C14H20N4O5S. The molecule has 0 spiro atoms. The number of rotatable bonds is 6. The minimum absolute atomic E-state index is 0.194. The molecule has 0 aromatic heterocycles. The molecule has 10 heteroatoms. The van der Waals surface area contributed by atoms with E-state index < -0.39 is 42.8 Å². The standard InChI is InChI=1S/C14H20N4O5S/c1-4-8(5-2)9-6-7-10(13(19)17-14(15)16)11(18(20)21)12(9)24(3,22)23/h6-8H,4-5H2,1-3H3,(H4,15,16,17,19). The second-order valence-corrected chi connectivity index (χ2v) is 7.22. The molecule has 132 valence electrons. The minimum Gasteiger partial charge on any atom is -0.370 e. The summed E-state index contributed by atoms with van der Waals surface area (Å²) in [4.78, 5) is 25.5. The van der Waals surface area contributed by atoms with E-state index in [2.05, 4.69) is 4.99 Å². The average Bonchev–Trinajstić information content (AvgIpc) is 2.45. The molecule has 24 heavy (non-hydrogen) atoms. The lowest BCUT2D eigenvalue weighted by Crippen LogP contribution is -2.24. The van der Waals surface area contributed by atoms with Crippen LogP contribution >= 0.6 is 0 Å². The van der Waals surface area contributed by atoms with Crippen LogP contribution in [-0.2, 0) is 9.84 Å². The summed E-state index contributed by atoms with van der Waals surface area (Å²) in [5.41, 5.74) is 9.29. The molecule has 0 fully saturated rings. The van der Waals surface area contributed by atoms with Gasteiger partial charge in [0.25, 0.3) is 5.91 Å². The highest BCUT2D eigenvalue weighted by atomic mass is 32.2. The van der Waals surface area contributed by atoms with Crippen LogP contribution in [0.15, 0.2) is 22.0 Å². The van der Waals surface area contributed by atoms with Crippen molar-refractivity contribution in [2.75, 3.05) is 6.26 Å². The molecule has 1 amide bonds. The number of nitrogens with two attached hydrogens (primary N) is 2. The minimum atomic E-state index is -3.96. The van der Waals surface area contributed by atoms with Gasteiger partial charge in [0.2, 0.25) is 0 Å². The first kappa shape index (κ1) is 19.6. The number of carbonyl (C=O) groups excluding carboxylic acids is 1. The quantitative estimate of drug-likeness (QED) is 0.336. The number of nitrogens with zero attached hydrogens (tertiary/aromatic N) is 2. The molecule has 0 aliphatic rings. The van der Waals surface area contributed by atoms with E-state index in [1.54, 1.807) is 0 Å². The van der Waals surface area contributed by atoms with Gasteiger partial charge in [-0.05, 0) is 30.4 Å². The Hall–Kier alpha value is -2.49. The fourth-order valence-electron chi connectivity index (χ4n) is 2.56. The summed E-state index contributed by atoms with van der Waals surface area (Å²) in [5, 5.41) is 11.5. The Morgan fingerprint density at radius 1 is 1.29 bits per heavy atom. The molecule has 0 heterocycles. The Labute approximate surface area is 139 Å². The molecule has 0 radical (unpaired) electrons. The number of nitro groups is 1. The smallest absolute Gasteiger partial charge is 0.301 e. The first-order valence-electron chi connectivity index (χ1n) is 7.19. The van der Waals surface area contributed by atoms with Crippen LogP contribution in [-0.4, -0.2) is 31.5 Å². The van der Waals surface area contributed by atoms with E-state index in [1.165, 1.54) is 12.1 Å². The van der Waals surface area contributed by atoms with Gasteiger partial charge >= 0.3 is 5.69 Å². The first-order chi connectivity index (χ1) is 11.0. The lowest BCUT2D eigenvalue weighted by Gasteiger charge is -2.17. The molecule has 0 aliphatic heterocycles. The Balaban J connectivity index is 3.91. The number of carbonyl (C=O) groups is 1. The highest BCUT2D eigenvalue weighted by Gasteiger charge is 2.34. The van der Waals surface area contributed by atoms with Gasteiger partial charge in [0, 0.05) is 6.26 Å². The Morgan fingerprint density at radius 3 is 2.21 bits per heavy atom. The maximum Gasteiger partial charge on any atom is 0.301 e. The largest absolute Gasteiger partial charge is 0.370 e. The van der Waals surface area contributed by atoms with E-state index in [0.717, 1.165) is 6.26 Å². The zero-order valence-electron chi connectivity index (χ0n) is 13.6. The van der Waals surface area contributed by atoms with Crippen LogP contribution in [0.25, 0.3) is 0 Å². The summed E-state index contributed by atoms with van der Waals surface area (Å²) < 4.78 is 24.4. The van der Waals surface area contributed by atoms with Crippen LogP contribution in [0.5, 0.6) is 0 Å². The van der Waals surface area contributed by atoms with Crippen LogP contribution in [0.4, 0.5) is 5.69 Å². The van der Waals surface area contributed by atoms with Crippen molar-refractivity contribution in [3.05, 3.63) is 33.4 Å². The predicted octanol–water partition coefficient (Wildman–Crippen LogP) is 1.32. The number of aliphatic imine (C=N–C) groups is 1. The molecule has 1 rings (SSSR count). The summed E-state index contributed by atoms with van der Waals surface area (Å²) in [6.45, 7) is 3.70. The molecule has 0 saturated heterocycles. The lowest BCUT2D eigenvalue weighted by atomic mass is 9.92. The van der Waals surface area contributed by atoms with E-state index in [4.69, 9.17) is 11.5 Å². The van der Waals surface area contributed by atoms with Gasteiger partial charge in [0.1, 0.15) is 10.5 Å². The van der Waals surface area contributed by atoms with Crippen LogP contribution < -0.4 is 11.5 Å². The highest BCUT2D eigenvalue weighted by molar-refractivity contribution is 7.91. The number of guanidine groups is 1. The molecule has 0 aliphatic carbocycles. The van der Waals surface area contributed by atoms with Crippen molar-refractivity contribution < 1.29 is 18.1 Å². The number of amides is 1. The van der Waals surface area contributed by atoms with Gasteiger partial charge in [-0.15, -0.1) is 0 Å². The van der Waals surface area contributed by atoms with Gasteiger partial charge in [0.05, 0.1) is 4.92 Å². The monoisotopic (exact) mass is 356 g/mol. The maximum atomic E-state index is 12.2. The summed E-state index contributed by atoms with van der Waals surface area (Å²) >= 11 is 0. The molecule has 1 aromatic carbocycles. The predicted molar refractivity (Wildman–Crippen MR) is 89.7 cm³/mol. The molecule has 4 N–H and O–H groups in total. The van der Waals surface area contributed by atoms with E-state index >= 15 is 0 Å².